The summed E-state index contributed by atoms with van der Waals surface area (Å²) in [6, 6.07) is 4.81. The van der Waals surface area contributed by atoms with E-state index < -0.39 is 52.3 Å². The van der Waals surface area contributed by atoms with Gasteiger partial charge in [0.25, 0.3) is 0 Å². The van der Waals surface area contributed by atoms with Crippen molar-refractivity contribution in [3.05, 3.63) is 23.8 Å². The van der Waals surface area contributed by atoms with Crippen molar-refractivity contribution in [1.29, 1.82) is 0 Å². The highest BCUT2D eigenvalue weighted by Crippen LogP contribution is 2.31. The number of ether oxygens (including phenoxy) is 5. The van der Waals surface area contributed by atoms with Gasteiger partial charge in [-0.05, 0) is 90.3 Å². The van der Waals surface area contributed by atoms with E-state index in [-0.39, 0.29) is 18.4 Å². The Hall–Kier alpha value is -2.81. The maximum atomic E-state index is 13.4. The molecule has 49 heavy (non-hydrogen) atoms. The standard InChI is InChI=1S/C35H63N3O10S/c1-12-13-14-18-38(33(41)48-35(7,8)9)49(42,43)36-24-29(39)28(37-32(40)47-34(4,5)6)23-27(25(2)3)21-26-16-17-30(45-11)31(22-26)46-20-15-19-44-10/h16-17,22,25,27-29,36,39H,12-15,18-21,23-24H2,1-11H3,(H,37,40)/t27-,28-,29-/m0/s1. The lowest BCUT2D eigenvalue weighted by molar-refractivity contribution is 0.0384. The smallest absolute Gasteiger partial charge is 0.425 e. The summed E-state index contributed by atoms with van der Waals surface area (Å²) in [6.07, 6.45) is 0.454. The van der Waals surface area contributed by atoms with Gasteiger partial charge >= 0.3 is 22.4 Å². The summed E-state index contributed by atoms with van der Waals surface area (Å²) in [5.74, 6) is 1.25. The monoisotopic (exact) mass is 717 g/mol. The lowest BCUT2D eigenvalue weighted by Crippen LogP contribution is -2.53. The summed E-state index contributed by atoms with van der Waals surface area (Å²) in [4.78, 5) is 25.9. The minimum absolute atomic E-state index is 0.0618. The molecule has 0 aromatic heterocycles. The highest BCUT2D eigenvalue weighted by atomic mass is 32.2. The summed E-state index contributed by atoms with van der Waals surface area (Å²) in [5, 5.41) is 14.2. The van der Waals surface area contributed by atoms with Crippen molar-refractivity contribution >= 4 is 22.4 Å². The summed E-state index contributed by atoms with van der Waals surface area (Å²) in [6.45, 7) is 16.7. The third-order valence-corrected chi connectivity index (χ3v) is 8.91. The predicted octanol–water partition coefficient (Wildman–Crippen LogP) is 5.83. The molecular formula is C35H63N3O10S. The van der Waals surface area contributed by atoms with Crippen LogP contribution in [-0.4, -0.2) is 93.9 Å². The van der Waals surface area contributed by atoms with Crippen molar-refractivity contribution in [2.45, 2.75) is 124 Å². The van der Waals surface area contributed by atoms with E-state index in [1.807, 2.05) is 39.0 Å². The van der Waals surface area contributed by atoms with Crippen LogP contribution in [0.2, 0.25) is 0 Å². The van der Waals surface area contributed by atoms with E-state index >= 15 is 0 Å². The van der Waals surface area contributed by atoms with Crippen LogP contribution in [0.4, 0.5) is 9.59 Å². The zero-order valence-corrected chi connectivity index (χ0v) is 32.4. The van der Waals surface area contributed by atoms with Gasteiger partial charge in [-0.15, -0.1) is 0 Å². The van der Waals surface area contributed by atoms with Crippen LogP contribution in [0.3, 0.4) is 0 Å². The molecule has 1 aromatic carbocycles. The van der Waals surface area contributed by atoms with E-state index in [0.29, 0.717) is 61.1 Å². The predicted molar refractivity (Wildman–Crippen MR) is 190 cm³/mol. The fraction of sp³-hybridized carbons (Fsp3) is 0.771. The van der Waals surface area contributed by atoms with Gasteiger partial charge < -0.3 is 34.1 Å². The maximum Gasteiger partial charge on any atom is 0.425 e. The van der Waals surface area contributed by atoms with Gasteiger partial charge in [0, 0.05) is 33.2 Å². The first-order chi connectivity index (χ1) is 22.7. The molecule has 0 saturated carbocycles. The average molecular weight is 718 g/mol. The second-order valence-corrected chi connectivity index (χ2v) is 16.2. The van der Waals surface area contributed by atoms with Gasteiger partial charge in [-0.25, -0.2) is 9.59 Å². The van der Waals surface area contributed by atoms with E-state index in [9.17, 15) is 23.1 Å². The molecule has 2 amide bonds. The number of aliphatic hydroxyl groups excluding tert-OH is 1. The largest absolute Gasteiger partial charge is 0.493 e. The van der Waals surface area contributed by atoms with Crippen LogP contribution in [0.25, 0.3) is 0 Å². The zero-order valence-electron chi connectivity index (χ0n) is 31.6. The first kappa shape index (κ1) is 44.2. The number of aliphatic hydroxyl groups is 1. The minimum Gasteiger partial charge on any atom is -0.493 e. The molecule has 0 spiro atoms. The quantitative estimate of drug-likeness (QED) is 0.132. The first-order valence-electron chi connectivity index (χ1n) is 17.2. The van der Waals surface area contributed by atoms with Crippen LogP contribution in [0.5, 0.6) is 11.5 Å². The molecule has 0 aliphatic rings. The van der Waals surface area contributed by atoms with Crippen molar-refractivity contribution in [2.75, 3.05) is 40.5 Å². The Morgan fingerprint density at radius 1 is 0.939 bits per heavy atom. The van der Waals surface area contributed by atoms with Crippen LogP contribution < -0.4 is 19.5 Å². The molecule has 13 nitrogen and oxygen atoms in total. The van der Waals surface area contributed by atoms with Crippen LogP contribution in [0.1, 0.15) is 100.0 Å². The second kappa shape index (κ2) is 20.8. The van der Waals surface area contributed by atoms with E-state index in [2.05, 4.69) is 10.0 Å². The number of unbranched alkanes of at least 4 members (excludes halogenated alkanes) is 2. The molecule has 1 aromatic rings. The van der Waals surface area contributed by atoms with Gasteiger partial charge in [0.05, 0.1) is 25.9 Å². The molecule has 0 fully saturated rings. The zero-order chi connectivity index (χ0) is 37.4. The number of amides is 2. The number of nitrogens with one attached hydrogen (secondary N) is 2. The van der Waals surface area contributed by atoms with Crippen LogP contribution in [0.15, 0.2) is 18.2 Å². The molecule has 284 valence electrons. The van der Waals surface area contributed by atoms with Crippen molar-refractivity contribution < 1.29 is 46.8 Å². The Morgan fingerprint density at radius 2 is 1.59 bits per heavy atom. The number of methoxy groups -OCH3 is 2. The Morgan fingerprint density at radius 3 is 2.14 bits per heavy atom. The summed E-state index contributed by atoms with van der Waals surface area (Å²) >= 11 is 0. The third kappa shape index (κ3) is 17.6. The normalized spacial score (nSPS) is 14.1. The van der Waals surface area contributed by atoms with Gasteiger partial charge in [-0.1, -0.05) is 39.7 Å². The molecule has 3 N–H and O–H groups in total. The fourth-order valence-corrected chi connectivity index (χ4v) is 6.02. The van der Waals surface area contributed by atoms with Crippen LogP contribution >= 0.6 is 0 Å². The third-order valence-electron chi connectivity index (χ3n) is 7.47. The second-order valence-electron chi connectivity index (χ2n) is 14.6. The number of hydrogen-bond donors (Lipinski definition) is 3. The first-order valence-corrected chi connectivity index (χ1v) is 18.6. The van der Waals surface area contributed by atoms with E-state index in [0.717, 1.165) is 12.0 Å². The Bertz CT molecular complexity index is 1250. The topological polar surface area (TPSA) is 162 Å². The van der Waals surface area contributed by atoms with Gasteiger partial charge in [-0.2, -0.15) is 17.4 Å². The van der Waals surface area contributed by atoms with Crippen molar-refractivity contribution in [2.24, 2.45) is 11.8 Å². The Kier molecular flexibility index (Phi) is 18.7. The highest BCUT2D eigenvalue weighted by molar-refractivity contribution is 7.87. The van der Waals surface area contributed by atoms with Crippen LogP contribution in [-0.2, 0) is 30.8 Å². The molecule has 0 aliphatic carbocycles. The molecule has 0 aliphatic heterocycles. The molecular weight excluding hydrogens is 654 g/mol. The minimum atomic E-state index is -4.41. The number of benzene rings is 1. The molecule has 0 unspecified atom stereocenters. The average Bonchev–Trinajstić information content (AvgIpc) is 2.97. The highest BCUT2D eigenvalue weighted by Gasteiger charge is 2.34. The molecule has 1 rings (SSSR count). The van der Waals surface area contributed by atoms with E-state index in [4.69, 9.17) is 23.7 Å². The van der Waals surface area contributed by atoms with Gasteiger partial charge in [0.2, 0.25) is 0 Å². The van der Waals surface area contributed by atoms with Crippen molar-refractivity contribution in [3.63, 3.8) is 0 Å². The number of rotatable bonds is 21. The number of hydrogen-bond acceptors (Lipinski definition) is 10. The van der Waals surface area contributed by atoms with Crippen molar-refractivity contribution in [1.82, 2.24) is 14.3 Å². The Balaban J connectivity index is 3.28. The molecule has 0 saturated heterocycles. The molecule has 0 radical (unpaired) electrons. The number of nitrogens with zero attached hydrogens (tertiary/aromatic N) is 1. The molecule has 0 bridgehead atoms. The number of alkyl carbamates (subject to hydrolysis) is 1. The lowest BCUT2D eigenvalue weighted by atomic mass is 9.83. The van der Waals surface area contributed by atoms with E-state index in [1.165, 1.54) is 0 Å². The maximum absolute atomic E-state index is 13.4. The summed E-state index contributed by atoms with van der Waals surface area (Å²) in [5.41, 5.74) is -0.745. The number of carbonyl (C=O) groups is 2. The van der Waals surface area contributed by atoms with Crippen LogP contribution in [0, 0.1) is 11.8 Å². The summed E-state index contributed by atoms with van der Waals surface area (Å²) in [7, 11) is -1.19. The number of carbonyl (C=O) groups excluding carboxylic acids is 2. The SMILES string of the molecule is CCCCCN(C(=O)OC(C)(C)C)S(=O)(=O)NC[C@H](O)[C@H](C[C@H](Cc1ccc(OC)c(OCCCOC)c1)C(C)C)NC(=O)OC(C)(C)C. The van der Waals surface area contributed by atoms with E-state index in [1.54, 1.807) is 55.8 Å². The molecule has 0 heterocycles. The Labute approximate surface area is 294 Å². The van der Waals surface area contributed by atoms with Gasteiger partial charge in [-0.3, -0.25) is 0 Å². The van der Waals surface area contributed by atoms with Gasteiger partial charge in [0.1, 0.15) is 11.2 Å². The van der Waals surface area contributed by atoms with Gasteiger partial charge in [0.15, 0.2) is 11.5 Å². The fourth-order valence-electron chi connectivity index (χ4n) is 4.88. The molecule has 14 heteroatoms. The summed E-state index contributed by atoms with van der Waals surface area (Å²) < 4.78 is 57.3. The molecule has 3 atom stereocenters. The van der Waals surface area contributed by atoms with Crippen molar-refractivity contribution in [3.8, 4) is 11.5 Å². The lowest BCUT2D eigenvalue weighted by Gasteiger charge is -2.32.